The zero-order chi connectivity index (χ0) is 12.9. The zero-order valence-corrected chi connectivity index (χ0v) is 12.0. The highest BCUT2D eigenvalue weighted by molar-refractivity contribution is 4.94. The topological polar surface area (TPSA) is 35.5 Å². The van der Waals surface area contributed by atoms with Crippen LogP contribution in [0.5, 0.6) is 0 Å². The molecule has 0 amide bonds. The van der Waals surface area contributed by atoms with E-state index in [0.29, 0.717) is 6.04 Å². The van der Waals surface area contributed by atoms with Crippen LogP contribution in [0.3, 0.4) is 0 Å². The summed E-state index contributed by atoms with van der Waals surface area (Å²) in [7, 11) is 0. The third-order valence-corrected chi connectivity index (χ3v) is 3.90. The van der Waals surface area contributed by atoms with E-state index < -0.39 is 0 Å². The summed E-state index contributed by atoms with van der Waals surface area (Å²) in [6, 6.07) is 0.499. The van der Waals surface area contributed by atoms with Crippen molar-refractivity contribution in [2.24, 2.45) is 5.92 Å². The van der Waals surface area contributed by atoms with Crippen molar-refractivity contribution in [1.82, 2.24) is 10.2 Å². The second kappa shape index (κ2) is 6.72. The highest BCUT2D eigenvalue weighted by Crippen LogP contribution is 2.23. The number of nitrogens with zero attached hydrogens (tertiary/aromatic N) is 1. The predicted molar refractivity (Wildman–Crippen MR) is 73.2 cm³/mol. The van der Waals surface area contributed by atoms with Crippen LogP contribution in [0.1, 0.15) is 47.0 Å². The number of rotatable bonds is 6. The zero-order valence-electron chi connectivity index (χ0n) is 12.0. The van der Waals surface area contributed by atoms with Crippen molar-refractivity contribution in [3.05, 3.63) is 0 Å². The van der Waals surface area contributed by atoms with E-state index in [-0.39, 0.29) is 12.1 Å². The highest BCUT2D eigenvalue weighted by Gasteiger charge is 2.34. The molecule has 1 aliphatic rings. The molecule has 1 fully saturated rings. The first-order chi connectivity index (χ1) is 8.01. The normalized spacial score (nSPS) is 22.9. The molecule has 0 bridgehead atoms. The van der Waals surface area contributed by atoms with Crippen molar-refractivity contribution in [3.63, 3.8) is 0 Å². The highest BCUT2D eigenvalue weighted by atomic mass is 16.3. The smallest absolute Gasteiger partial charge is 0.0614 e. The van der Waals surface area contributed by atoms with E-state index in [1.54, 1.807) is 0 Å². The Kier molecular flexibility index (Phi) is 5.90. The Bertz CT molecular complexity index is 210. The average molecular weight is 242 g/mol. The van der Waals surface area contributed by atoms with Crippen LogP contribution in [-0.2, 0) is 0 Å². The van der Waals surface area contributed by atoms with Crippen LogP contribution in [-0.4, -0.2) is 47.8 Å². The van der Waals surface area contributed by atoms with Gasteiger partial charge in [-0.2, -0.15) is 0 Å². The quantitative estimate of drug-likeness (QED) is 0.746. The Morgan fingerprint density at radius 2 is 1.82 bits per heavy atom. The van der Waals surface area contributed by atoms with Crippen molar-refractivity contribution < 1.29 is 5.11 Å². The van der Waals surface area contributed by atoms with Crippen LogP contribution in [0, 0.1) is 5.92 Å². The molecule has 1 atom stereocenters. The standard InChI is InChI=1S/C14H30N2O/c1-5-13(4)15-14(11-17)6-8-16(9-7-14)10-12(2)3/h12-13,15,17H,5-11H2,1-4H3. The number of aliphatic hydroxyl groups is 1. The molecule has 0 radical (unpaired) electrons. The summed E-state index contributed by atoms with van der Waals surface area (Å²) in [4.78, 5) is 2.52. The first kappa shape index (κ1) is 14.9. The predicted octanol–water partition coefficient (Wildman–Crippen LogP) is 1.86. The molecule has 0 aromatic heterocycles. The van der Waals surface area contributed by atoms with Gasteiger partial charge in [-0.3, -0.25) is 0 Å². The summed E-state index contributed by atoms with van der Waals surface area (Å²) in [5.74, 6) is 0.735. The van der Waals surface area contributed by atoms with Gasteiger partial charge in [-0.05, 0) is 45.2 Å². The van der Waals surface area contributed by atoms with Gasteiger partial charge in [0, 0.05) is 18.1 Å². The third-order valence-electron chi connectivity index (χ3n) is 3.90. The van der Waals surface area contributed by atoms with Crippen molar-refractivity contribution in [3.8, 4) is 0 Å². The summed E-state index contributed by atoms with van der Waals surface area (Å²) in [5.41, 5.74) is -0.0249. The summed E-state index contributed by atoms with van der Waals surface area (Å²) in [6.07, 6.45) is 3.26. The minimum Gasteiger partial charge on any atom is -0.394 e. The molecule has 1 aliphatic heterocycles. The van der Waals surface area contributed by atoms with Gasteiger partial charge in [-0.1, -0.05) is 20.8 Å². The number of aliphatic hydroxyl groups excluding tert-OH is 1. The van der Waals surface area contributed by atoms with E-state index in [0.717, 1.165) is 38.3 Å². The number of hydrogen-bond acceptors (Lipinski definition) is 3. The second-order valence-corrected chi connectivity index (χ2v) is 6.09. The van der Waals surface area contributed by atoms with E-state index in [9.17, 15) is 5.11 Å². The molecule has 2 N–H and O–H groups in total. The summed E-state index contributed by atoms with van der Waals surface area (Å²) in [6.45, 7) is 12.6. The van der Waals surface area contributed by atoms with Crippen LogP contribution in [0.25, 0.3) is 0 Å². The number of hydrogen-bond donors (Lipinski definition) is 2. The lowest BCUT2D eigenvalue weighted by Crippen LogP contribution is -2.58. The number of likely N-dealkylation sites (tertiary alicyclic amines) is 1. The number of piperidine rings is 1. The van der Waals surface area contributed by atoms with Crippen molar-refractivity contribution in [2.45, 2.75) is 58.5 Å². The Morgan fingerprint density at radius 1 is 1.24 bits per heavy atom. The molecule has 0 aliphatic carbocycles. The van der Waals surface area contributed by atoms with Gasteiger partial charge in [-0.15, -0.1) is 0 Å². The van der Waals surface area contributed by atoms with E-state index in [1.807, 2.05) is 0 Å². The lowest BCUT2D eigenvalue weighted by atomic mass is 9.87. The second-order valence-electron chi connectivity index (χ2n) is 6.09. The summed E-state index contributed by atoms with van der Waals surface area (Å²) < 4.78 is 0. The molecule has 0 saturated carbocycles. The molecule has 0 aromatic rings. The van der Waals surface area contributed by atoms with Gasteiger partial charge in [0.15, 0.2) is 0 Å². The first-order valence-electron chi connectivity index (χ1n) is 7.12. The SMILES string of the molecule is CCC(C)NC1(CO)CCN(CC(C)C)CC1. The van der Waals surface area contributed by atoms with Gasteiger partial charge >= 0.3 is 0 Å². The van der Waals surface area contributed by atoms with Gasteiger partial charge in [0.25, 0.3) is 0 Å². The maximum absolute atomic E-state index is 9.67. The summed E-state index contributed by atoms with van der Waals surface area (Å²) in [5, 5.41) is 13.3. The first-order valence-corrected chi connectivity index (χ1v) is 7.12. The largest absolute Gasteiger partial charge is 0.394 e. The maximum Gasteiger partial charge on any atom is 0.0614 e. The molecular formula is C14H30N2O. The van der Waals surface area contributed by atoms with Gasteiger partial charge in [0.1, 0.15) is 0 Å². The third kappa shape index (κ3) is 4.57. The molecule has 0 spiro atoms. The van der Waals surface area contributed by atoms with Crippen LogP contribution >= 0.6 is 0 Å². The molecule has 1 heterocycles. The summed E-state index contributed by atoms with van der Waals surface area (Å²) >= 11 is 0. The molecule has 3 nitrogen and oxygen atoms in total. The Morgan fingerprint density at radius 3 is 2.24 bits per heavy atom. The Labute approximate surface area is 107 Å². The molecule has 1 unspecified atom stereocenters. The monoisotopic (exact) mass is 242 g/mol. The van der Waals surface area contributed by atoms with Crippen LogP contribution in [0.2, 0.25) is 0 Å². The van der Waals surface area contributed by atoms with Crippen LogP contribution in [0.15, 0.2) is 0 Å². The van der Waals surface area contributed by atoms with Gasteiger partial charge < -0.3 is 15.3 Å². The average Bonchev–Trinajstić information content (AvgIpc) is 2.31. The van der Waals surface area contributed by atoms with E-state index in [4.69, 9.17) is 0 Å². The fourth-order valence-electron chi connectivity index (χ4n) is 2.65. The lowest BCUT2D eigenvalue weighted by molar-refractivity contribution is 0.0661. The lowest BCUT2D eigenvalue weighted by Gasteiger charge is -2.43. The molecule has 1 rings (SSSR count). The Balaban J connectivity index is 2.45. The number of nitrogens with one attached hydrogen (secondary N) is 1. The van der Waals surface area contributed by atoms with E-state index >= 15 is 0 Å². The van der Waals surface area contributed by atoms with Crippen LogP contribution in [0.4, 0.5) is 0 Å². The molecule has 17 heavy (non-hydrogen) atoms. The molecule has 3 heteroatoms. The van der Waals surface area contributed by atoms with Crippen LogP contribution < -0.4 is 5.32 Å². The molecular weight excluding hydrogens is 212 g/mol. The van der Waals surface area contributed by atoms with Crippen molar-refractivity contribution in [2.75, 3.05) is 26.2 Å². The van der Waals surface area contributed by atoms with Gasteiger partial charge in [-0.25, -0.2) is 0 Å². The van der Waals surface area contributed by atoms with Gasteiger partial charge in [0.05, 0.1) is 6.61 Å². The van der Waals surface area contributed by atoms with Crippen molar-refractivity contribution >= 4 is 0 Å². The molecule has 0 aromatic carbocycles. The molecule has 102 valence electrons. The van der Waals surface area contributed by atoms with Crippen molar-refractivity contribution in [1.29, 1.82) is 0 Å². The van der Waals surface area contributed by atoms with Gasteiger partial charge in [0.2, 0.25) is 0 Å². The minimum atomic E-state index is -0.0249. The minimum absolute atomic E-state index is 0.0249. The Hall–Kier alpha value is -0.120. The fourth-order valence-corrected chi connectivity index (χ4v) is 2.65. The van der Waals surface area contributed by atoms with E-state index in [2.05, 4.69) is 37.9 Å². The maximum atomic E-state index is 9.67. The van der Waals surface area contributed by atoms with E-state index in [1.165, 1.54) is 6.54 Å². The molecule has 1 saturated heterocycles. The fraction of sp³-hybridized carbons (Fsp3) is 1.00.